The van der Waals surface area contributed by atoms with E-state index < -0.39 is 66.3 Å². The molecule has 3 saturated heterocycles. The van der Waals surface area contributed by atoms with Crippen LogP contribution in [-0.4, -0.2) is 93.9 Å². The molecule has 1 aromatic carbocycles. The number of benzene rings is 1. The Kier molecular flexibility index (Phi) is 9.91. The van der Waals surface area contributed by atoms with E-state index >= 15 is 0 Å². The predicted molar refractivity (Wildman–Crippen MR) is 153 cm³/mol. The molecule has 7 atom stereocenters. The van der Waals surface area contributed by atoms with Crippen molar-refractivity contribution in [2.24, 2.45) is 5.92 Å². The van der Waals surface area contributed by atoms with Crippen LogP contribution in [0.3, 0.4) is 0 Å². The third-order valence-corrected chi connectivity index (χ3v) is 8.43. The van der Waals surface area contributed by atoms with Gasteiger partial charge in [0.15, 0.2) is 6.29 Å². The molecule has 0 spiro atoms. The molecule has 1 aromatic heterocycles. The van der Waals surface area contributed by atoms with Gasteiger partial charge in [-0.2, -0.15) is 0 Å². The topological polar surface area (TPSA) is 162 Å². The molecule has 3 aliphatic heterocycles. The van der Waals surface area contributed by atoms with Crippen LogP contribution < -0.4 is 11.2 Å². The van der Waals surface area contributed by atoms with E-state index in [0.29, 0.717) is 10.6 Å². The zero-order valence-corrected chi connectivity index (χ0v) is 24.9. The smallest absolute Gasteiger partial charge is 0.409 e. The molecule has 0 saturated carbocycles. The first-order valence-corrected chi connectivity index (χ1v) is 14.9. The molecule has 236 valence electrons. The molecular formula is C29H38ClN3O10. The van der Waals surface area contributed by atoms with Crippen LogP contribution in [0.1, 0.15) is 43.5 Å². The molecule has 13 nitrogen and oxygen atoms in total. The number of carbonyl (C=O) groups is 1. The van der Waals surface area contributed by atoms with E-state index in [-0.39, 0.29) is 39.3 Å². The van der Waals surface area contributed by atoms with Crippen molar-refractivity contribution in [1.29, 1.82) is 0 Å². The van der Waals surface area contributed by atoms with Crippen LogP contribution in [0.15, 0.2) is 40.1 Å². The van der Waals surface area contributed by atoms with Gasteiger partial charge in [0.2, 0.25) is 0 Å². The van der Waals surface area contributed by atoms with Crippen molar-refractivity contribution in [3.63, 3.8) is 0 Å². The van der Waals surface area contributed by atoms with Crippen molar-refractivity contribution in [3.8, 4) is 0 Å². The summed E-state index contributed by atoms with van der Waals surface area (Å²) < 4.78 is 31.4. The van der Waals surface area contributed by atoms with Crippen LogP contribution in [0.5, 0.6) is 0 Å². The molecule has 14 heteroatoms. The van der Waals surface area contributed by atoms with E-state index in [9.17, 15) is 24.6 Å². The number of aromatic nitrogens is 2. The Morgan fingerprint density at radius 3 is 2.72 bits per heavy atom. The monoisotopic (exact) mass is 623 g/mol. The highest BCUT2D eigenvalue weighted by molar-refractivity contribution is 6.30. The zero-order chi connectivity index (χ0) is 30.7. The largest absolute Gasteiger partial charge is 0.449 e. The summed E-state index contributed by atoms with van der Waals surface area (Å²) in [5.41, 5.74) is -1.20. The van der Waals surface area contributed by atoms with Gasteiger partial charge in [0.25, 0.3) is 5.56 Å². The van der Waals surface area contributed by atoms with Gasteiger partial charge in [-0.05, 0) is 31.0 Å². The molecular weight excluding hydrogens is 586 g/mol. The maximum absolute atomic E-state index is 12.9. The summed E-state index contributed by atoms with van der Waals surface area (Å²) in [6.45, 7) is 3.78. The van der Waals surface area contributed by atoms with Gasteiger partial charge in [-0.1, -0.05) is 37.1 Å². The average molecular weight is 624 g/mol. The second-order valence-electron chi connectivity index (χ2n) is 11.3. The number of rotatable bonds is 11. The lowest BCUT2D eigenvalue weighted by Crippen LogP contribution is -2.61. The zero-order valence-electron chi connectivity index (χ0n) is 24.1. The minimum absolute atomic E-state index is 0.0369. The highest BCUT2D eigenvalue weighted by Crippen LogP contribution is 2.44. The molecule has 4 heterocycles. The number of amides is 1. The van der Waals surface area contributed by atoms with Crippen molar-refractivity contribution in [1.82, 2.24) is 14.5 Å². The molecule has 3 N–H and O–H groups in total. The summed E-state index contributed by atoms with van der Waals surface area (Å²) in [6.07, 6.45) is -1.47. The highest BCUT2D eigenvalue weighted by atomic mass is 35.5. The van der Waals surface area contributed by atoms with Crippen LogP contribution in [0.4, 0.5) is 4.79 Å². The van der Waals surface area contributed by atoms with Crippen molar-refractivity contribution in [3.05, 3.63) is 67.4 Å². The molecule has 5 rings (SSSR count). The molecule has 43 heavy (non-hydrogen) atoms. The maximum Gasteiger partial charge on any atom is 0.409 e. The Morgan fingerprint density at radius 1 is 1.23 bits per heavy atom. The molecule has 3 fully saturated rings. The van der Waals surface area contributed by atoms with E-state index in [4.69, 9.17) is 35.3 Å². The van der Waals surface area contributed by atoms with Crippen molar-refractivity contribution in [2.75, 3.05) is 32.9 Å². The molecule has 2 bridgehead atoms. The van der Waals surface area contributed by atoms with Crippen molar-refractivity contribution < 1.29 is 38.7 Å². The number of aromatic amines is 1. The van der Waals surface area contributed by atoms with Gasteiger partial charge in [-0.15, -0.1) is 0 Å². The van der Waals surface area contributed by atoms with E-state index in [1.807, 2.05) is 19.1 Å². The summed E-state index contributed by atoms with van der Waals surface area (Å²) in [7, 11) is 0. The lowest BCUT2D eigenvalue weighted by molar-refractivity contribution is -0.206. The second-order valence-corrected chi connectivity index (χ2v) is 11.8. The number of hydrogen-bond donors (Lipinski definition) is 3. The van der Waals surface area contributed by atoms with Gasteiger partial charge in [-0.25, -0.2) is 9.59 Å². The minimum Gasteiger partial charge on any atom is -0.449 e. The summed E-state index contributed by atoms with van der Waals surface area (Å²) in [6, 6.07) is 7.21. The number of aliphatic hydroxyl groups is 2. The number of carbonyl (C=O) groups excluding carboxylic acids is 1. The second kappa shape index (κ2) is 13.5. The van der Waals surface area contributed by atoms with Crippen LogP contribution in [-0.2, 0) is 30.3 Å². The van der Waals surface area contributed by atoms with E-state index in [0.717, 1.165) is 18.4 Å². The number of ether oxygens (including phenoxy) is 5. The quantitative estimate of drug-likeness (QED) is 0.314. The third kappa shape index (κ3) is 6.83. The lowest BCUT2D eigenvalue weighted by atomic mass is 9.85. The Morgan fingerprint density at radius 2 is 2.00 bits per heavy atom. The molecule has 1 amide bonds. The number of nitrogens with one attached hydrogen (secondary N) is 1. The lowest BCUT2D eigenvalue weighted by Gasteiger charge is -2.42. The van der Waals surface area contributed by atoms with Gasteiger partial charge in [0, 0.05) is 29.7 Å². The van der Waals surface area contributed by atoms with Crippen LogP contribution in [0.2, 0.25) is 5.02 Å². The van der Waals surface area contributed by atoms with E-state index in [2.05, 4.69) is 4.98 Å². The number of piperidine rings is 1. The standard InChI is InChI=1S/C29H38ClN3O10/c1-3-4-9-39-28(38)32-12-20-24(40-13-18-5-7-19(30)8-6-18)29(15-32,16-34)43-26(20)41-14-22-21(35)10-23(42-22)33-11-17(2)25(36)31-27(33)37/h5-8,11,20-24,26,34-35H,3-4,9-10,12-16H2,1-2H3,(H,31,36,37)/t20?,21-,22+,23+,24?,26?,29?/m0/s1. The first kappa shape index (κ1) is 31.6. The number of aryl methyl sites for hydroxylation is 1. The first-order chi connectivity index (χ1) is 20.6. The fourth-order valence-corrected chi connectivity index (χ4v) is 5.93. The molecule has 0 aliphatic carbocycles. The summed E-state index contributed by atoms with van der Waals surface area (Å²) in [4.78, 5) is 40.8. The van der Waals surface area contributed by atoms with Crippen LogP contribution >= 0.6 is 11.6 Å². The SMILES string of the molecule is CCCCOC(=O)N1CC2C(OC[C@H]3O[C@@H](n4cc(C)c(=O)[nH]c4=O)C[C@@H]3O)OC(CO)(C1)C2OCc1ccc(Cl)cc1. The fourth-order valence-electron chi connectivity index (χ4n) is 5.81. The third-order valence-electron chi connectivity index (χ3n) is 8.17. The molecule has 4 unspecified atom stereocenters. The number of aliphatic hydroxyl groups excluding tert-OH is 2. The van der Waals surface area contributed by atoms with Crippen LogP contribution in [0, 0.1) is 12.8 Å². The molecule has 2 aromatic rings. The Balaban J connectivity index is 1.29. The molecule has 0 radical (unpaired) electrons. The van der Waals surface area contributed by atoms with Gasteiger partial charge in [0.05, 0.1) is 45.0 Å². The average Bonchev–Trinajstić information content (AvgIpc) is 3.43. The summed E-state index contributed by atoms with van der Waals surface area (Å²) in [5, 5.41) is 21.9. The fraction of sp³-hybridized carbons (Fsp3) is 0.621. The Hall–Kier alpha value is -2.78. The maximum atomic E-state index is 12.9. The minimum atomic E-state index is -1.28. The van der Waals surface area contributed by atoms with Gasteiger partial charge in [0.1, 0.15) is 24.0 Å². The normalized spacial score (nSPS) is 30.1. The number of halogens is 1. The van der Waals surface area contributed by atoms with E-state index in [1.165, 1.54) is 15.7 Å². The number of unbranched alkanes of at least 4 members (excludes halogenated alkanes) is 1. The first-order valence-electron chi connectivity index (χ1n) is 14.5. The summed E-state index contributed by atoms with van der Waals surface area (Å²) >= 11 is 6.02. The highest BCUT2D eigenvalue weighted by Gasteiger charge is 2.61. The summed E-state index contributed by atoms with van der Waals surface area (Å²) in [5.74, 6) is -0.495. The van der Waals surface area contributed by atoms with Crippen LogP contribution in [0.25, 0.3) is 0 Å². The predicted octanol–water partition coefficient (Wildman–Crippen LogP) is 1.70. The Bertz CT molecular complexity index is 1380. The number of fused-ring (bicyclic) bond motifs is 2. The van der Waals surface area contributed by atoms with Gasteiger partial charge >= 0.3 is 11.8 Å². The molecule has 3 aliphatic rings. The van der Waals surface area contributed by atoms with Gasteiger partial charge < -0.3 is 38.8 Å². The van der Waals surface area contributed by atoms with Crippen molar-refractivity contribution in [2.45, 2.75) is 76.1 Å². The number of hydrogen-bond acceptors (Lipinski definition) is 10. The van der Waals surface area contributed by atoms with E-state index in [1.54, 1.807) is 19.1 Å². The Labute approximate surface area is 253 Å². The number of likely N-dealkylation sites (tertiary alicyclic amines) is 1. The van der Waals surface area contributed by atoms with Crippen molar-refractivity contribution >= 4 is 17.7 Å². The number of nitrogens with zero attached hydrogens (tertiary/aromatic N) is 2. The number of H-pyrrole nitrogens is 1. The van der Waals surface area contributed by atoms with Gasteiger partial charge in [-0.3, -0.25) is 14.3 Å².